The number of nitrogens with zero attached hydrogens (tertiary/aromatic N) is 6. The van der Waals surface area contributed by atoms with Gasteiger partial charge in [0, 0.05) is 24.9 Å². The summed E-state index contributed by atoms with van der Waals surface area (Å²) in [6.07, 6.45) is 3.41. The number of rotatable bonds is 6. The van der Waals surface area contributed by atoms with Gasteiger partial charge in [-0.25, -0.2) is 4.98 Å². The Morgan fingerprint density at radius 3 is 2.77 bits per heavy atom. The van der Waals surface area contributed by atoms with E-state index >= 15 is 0 Å². The van der Waals surface area contributed by atoms with Gasteiger partial charge in [0.15, 0.2) is 5.82 Å². The fraction of sp³-hybridized carbons (Fsp3) is 0.476. The van der Waals surface area contributed by atoms with Crippen molar-refractivity contribution in [3.63, 3.8) is 0 Å². The van der Waals surface area contributed by atoms with Crippen molar-refractivity contribution in [1.29, 1.82) is 0 Å². The molecule has 8 nitrogen and oxygen atoms in total. The summed E-state index contributed by atoms with van der Waals surface area (Å²) in [7, 11) is 0. The molecule has 0 atom stereocenters. The maximum absolute atomic E-state index is 5.65. The molecule has 3 aromatic heterocycles. The Kier molecular flexibility index (Phi) is 6.08. The average molecular weight is 427 g/mol. The van der Waals surface area contributed by atoms with Gasteiger partial charge >= 0.3 is 0 Å². The third-order valence-corrected chi connectivity index (χ3v) is 6.25. The number of hydrogen-bond acceptors (Lipinski definition) is 9. The molecule has 0 spiro atoms. The van der Waals surface area contributed by atoms with Gasteiger partial charge in [-0.3, -0.25) is 0 Å². The molecule has 0 radical (unpaired) electrons. The second-order valence-corrected chi connectivity index (χ2v) is 8.73. The minimum Gasteiger partial charge on any atom is -0.356 e. The first-order valence-electron chi connectivity index (χ1n) is 10.2. The molecular formula is C21H26N6O2S. The third kappa shape index (κ3) is 4.35. The lowest BCUT2D eigenvalue weighted by atomic mass is 9.96. The van der Waals surface area contributed by atoms with Crippen molar-refractivity contribution >= 4 is 22.9 Å². The van der Waals surface area contributed by atoms with Crippen molar-refractivity contribution in [3.05, 3.63) is 46.0 Å². The highest BCUT2D eigenvalue weighted by atomic mass is 32.1. The monoisotopic (exact) mass is 426 g/mol. The highest BCUT2D eigenvalue weighted by Gasteiger charge is 2.27. The second kappa shape index (κ2) is 8.91. The molecule has 3 aromatic rings. The summed E-state index contributed by atoms with van der Waals surface area (Å²) in [5, 5.41) is 10.4. The first-order valence-corrected chi connectivity index (χ1v) is 11.1. The van der Waals surface area contributed by atoms with E-state index in [1.165, 1.54) is 6.33 Å². The first kappa shape index (κ1) is 20.5. The molecule has 4 heterocycles. The lowest BCUT2D eigenvalue weighted by molar-refractivity contribution is 0.321. The van der Waals surface area contributed by atoms with Crippen LogP contribution in [0.2, 0.25) is 0 Å². The summed E-state index contributed by atoms with van der Waals surface area (Å²) < 4.78 is 5.50. The largest absolute Gasteiger partial charge is 0.356 e. The van der Waals surface area contributed by atoms with Gasteiger partial charge in [-0.05, 0) is 38.1 Å². The van der Waals surface area contributed by atoms with E-state index in [9.17, 15) is 0 Å². The minimum absolute atomic E-state index is 0.274. The summed E-state index contributed by atoms with van der Waals surface area (Å²) in [5.74, 6) is 3.46. The van der Waals surface area contributed by atoms with Crippen LogP contribution in [0, 0.1) is 6.92 Å². The molecular weight excluding hydrogens is 400 g/mol. The van der Waals surface area contributed by atoms with Crippen LogP contribution in [0.5, 0.6) is 5.88 Å². The third-order valence-electron chi connectivity index (χ3n) is 5.28. The number of anilines is 1. The van der Waals surface area contributed by atoms with Crippen molar-refractivity contribution in [2.75, 3.05) is 18.0 Å². The lowest BCUT2D eigenvalue weighted by Crippen LogP contribution is -2.34. The van der Waals surface area contributed by atoms with Crippen LogP contribution in [0.4, 0.5) is 5.82 Å². The van der Waals surface area contributed by atoms with E-state index < -0.39 is 0 Å². The van der Waals surface area contributed by atoms with E-state index in [1.54, 1.807) is 11.3 Å². The van der Waals surface area contributed by atoms with Crippen LogP contribution in [-0.4, -0.2) is 38.9 Å². The van der Waals surface area contributed by atoms with Crippen LogP contribution in [0.1, 0.15) is 67.6 Å². The summed E-state index contributed by atoms with van der Waals surface area (Å²) in [6, 6.07) is 4.01. The van der Waals surface area contributed by atoms with Crippen LogP contribution in [-0.2, 0) is 0 Å². The van der Waals surface area contributed by atoms with Gasteiger partial charge in [0.1, 0.15) is 12.1 Å². The van der Waals surface area contributed by atoms with Gasteiger partial charge in [-0.2, -0.15) is 9.97 Å². The quantitative estimate of drug-likeness (QED) is 0.422. The minimum atomic E-state index is 0.274. The van der Waals surface area contributed by atoms with Crippen molar-refractivity contribution in [2.45, 2.75) is 52.4 Å². The number of piperidine rings is 1. The zero-order valence-electron chi connectivity index (χ0n) is 17.7. The fourth-order valence-electron chi connectivity index (χ4n) is 3.46. The zero-order chi connectivity index (χ0) is 21.1. The summed E-state index contributed by atoms with van der Waals surface area (Å²) >= 11 is 1.63. The van der Waals surface area contributed by atoms with Crippen LogP contribution < -0.4 is 9.74 Å². The molecule has 1 aliphatic rings. The van der Waals surface area contributed by atoms with E-state index in [-0.39, 0.29) is 11.8 Å². The molecule has 1 saturated heterocycles. The SMILES string of the molecule is C/C(=N\Oc1ncnc(N2CCC(c3nc(C(C)C)no3)CC2)c1C)c1cccs1. The maximum Gasteiger partial charge on any atom is 0.256 e. The fourth-order valence-corrected chi connectivity index (χ4v) is 4.13. The standard InChI is InChI=1S/C21H26N6O2S/c1-13(2)18-24-21(29-26-18)16-7-9-27(10-8-16)19-14(3)20(23-12-22-19)28-25-15(4)17-6-5-11-30-17/h5-6,11-13,16H,7-10H2,1-4H3/b25-15+. The van der Waals surface area contributed by atoms with Gasteiger partial charge in [0.05, 0.1) is 16.2 Å². The number of thiophene rings is 1. The molecule has 1 aliphatic heterocycles. The Morgan fingerprint density at radius 1 is 1.30 bits per heavy atom. The molecule has 0 saturated carbocycles. The van der Waals surface area contributed by atoms with Crippen LogP contribution in [0.15, 0.2) is 33.5 Å². The van der Waals surface area contributed by atoms with Gasteiger partial charge in [0.2, 0.25) is 5.89 Å². The Morgan fingerprint density at radius 2 is 2.10 bits per heavy atom. The number of aromatic nitrogens is 4. The molecule has 0 bridgehead atoms. The zero-order valence-corrected chi connectivity index (χ0v) is 18.5. The number of hydrogen-bond donors (Lipinski definition) is 0. The summed E-state index contributed by atoms with van der Waals surface area (Å²) in [4.78, 5) is 22.3. The van der Waals surface area contributed by atoms with E-state index in [0.717, 1.165) is 59.6 Å². The normalized spacial score (nSPS) is 15.8. The van der Waals surface area contributed by atoms with E-state index in [1.807, 2.05) is 31.4 Å². The summed E-state index contributed by atoms with van der Waals surface area (Å²) in [6.45, 7) is 9.76. The topological polar surface area (TPSA) is 89.5 Å². The van der Waals surface area contributed by atoms with Gasteiger partial charge in [-0.15, -0.1) is 11.3 Å². The first-order chi connectivity index (χ1) is 14.5. The predicted octanol–water partition coefficient (Wildman–Crippen LogP) is 4.54. The lowest BCUT2D eigenvalue weighted by Gasteiger charge is -2.32. The Bertz CT molecular complexity index is 1010. The summed E-state index contributed by atoms with van der Waals surface area (Å²) in [5.41, 5.74) is 1.71. The maximum atomic E-state index is 5.65. The molecule has 0 amide bonds. The number of oxime groups is 1. The van der Waals surface area contributed by atoms with Crippen molar-refractivity contribution < 1.29 is 9.36 Å². The van der Waals surface area contributed by atoms with E-state index in [2.05, 4.69) is 44.0 Å². The highest BCUT2D eigenvalue weighted by Crippen LogP contribution is 2.32. The van der Waals surface area contributed by atoms with Gasteiger partial charge in [-0.1, -0.05) is 30.2 Å². The van der Waals surface area contributed by atoms with Crippen molar-refractivity contribution in [2.24, 2.45) is 5.16 Å². The Hall–Kier alpha value is -2.81. The molecule has 0 N–H and O–H groups in total. The highest BCUT2D eigenvalue weighted by molar-refractivity contribution is 7.12. The average Bonchev–Trinajstić information content (AvgIpc) is 3.45. The van der Waals surface area contributed by atoms with Crippen LogP contribution in [0.3, 0.4) is 0 Å². The smallest absolute Gasteiger partial charge is 0.256 e. The van der Waals surface area contributed by atoms with Gasteiger partial charge in [0.25, 0.3) is 5.88 Å². The van der Waals surface area contributed by atoms with Crippen LogP contribution in [0.25, 0.3) is 0 Å². The second-order valence-electron chi connectivity index (χ2n) is 7.78. The molecule has 0 aliphatic carbocycles. The Labute approximate surface area is 180 Å². The van der Waals surface area contributed by atoms with E-state index in [0.29, 0.717) is 5.88 Å². The Balaban J connectivity index is 1.42. The molecule has 9 heteroatoms. The van der Waals surface area contributed by atoms with E-state index in [4.69, 9.17) is 9.36 Å². The molecule has 4 rings (SSSR count). The van der Waals surface area contributed by atoms with Crippen LogP contribution >= 0.6 is 11.3 Å². The molecule has 158 valence electrons. The predicted molar refractivity (Wildman–Crippen MR) is 117 cm³/mol. The molecule has 0 unspecified atom stereocenters. The van der Waals surface area contributed by atoms with Crippen molar-refractivity contribution in [1.82, 2.24) is 20.1 Å². The van der Waals surface area contributed by atoms with Gasteiger partial charge < -0.3 is 14.3 Å². The molecule has 30 heavy (non-hydrogen) atoms. The molecule has 1 fully saturated rings. The molecule has 0 aromatic carbocycles. The van der Waals surface area contributed by atoms with Crippen molar-refractivity contribution in [3.8, 4) is 5.88 Å².